The second-order valence-electron chi connectivity index (χ2n) is 7.28. The van der Waals surface area contributed by atoms with E-state index < -0.39 is 13.5 Å². The molecule has 21 heavy (non-hydrogen) atoms. The van der Waals surface area contributed by atoms with Gasteiger partial charge in [-0.15, -0.1) is 0 Å². The molecule has 1 aliphatic rings. The molecule has 0 N–H and O–H groups in total. The molecular weight excluding hydrogens is 278 g/mol. The number of ketones is 1. The molecule has 1 unspecified atom stereocenters. The minimum Gasteiger partial charge on any atom is -0.342 e. The Morgan fingerprint density at radius 3 is 2.29 bits per heavy atom. The minimum absolute atomic E-state index is 0.0488. The number of allylic oxidation sites excluding steroid dienone is 2. The van der Waals surface area contributed by atoms with E-state index in [1.54, 1.807) is 0 Å². The molecule has 0 heterocycles. The minimum atomic E-state index is -1.11. The van der Waals surface area contributed by atoms with Gasteiger partial charge in [-0.3, -0.25) is 9.59 Å². The number of hydrogen-bond donors (Lipinski definition) is 0. The van der Waals surface area contributed by atoms with Crippen LogP contribution in [-0.4, -0.2) is 37.8 Å². The first kappa shape index (κ1) is 18.1. The van der Waals surface area contributed by atoms with Gasteiger partial charge in [-0.05, 0) is 39.2 Å². The third-order valence-electron chi connectivity index (χ3n) is 4.36. The van der Waals surface area contributed by atoms with Crippen LogP contribution in [0.3, 0.4) is 0 Å². The number of nitrogens with zero attached hydrogens (tertiary/aromatic N) is 1. The molecule has 0 aromatic carbocycles. The quantitative estimate of drug-likeness (QED) is 0.406. The largest absolute Gasteiger partial charge is 0.342 e. The summed E-state index contributed by atoms with van der Waals surface area (Å²) in [5, 5.41) is 0. The average molecular weight is 310 g/mol. The van der Waals surface area contributed by atoms with Crippen molar-refractivity contribution in [1.82, 2.24) is 4.90 Å². The molecule has 1 saturated carbocycles. The molecule has 120 valence electrons. The lowest BCUT2D eigenvalue weighted by Crippen LogP contribution is -2.46. The predicted molar refractivity (Wildman–Crippen MR) is 91.1 cm³/mol. The van der Waals surface area contributed by atoms with Crippen molar-refractivity contribution in [2.24, 2.45) is 5.41 Å². The Hall–Kier alpha value is -0.903. The summed E-state index contributed by atoms with van der Waals surface area (Å²) in [6.07, 6.45) is 7.00. The summed E-state index contributed by atoms with van der Waals surface area (Å²) in [5.74, 6) is 0.199. The van der Waals surface area contributed by atoms with Gasteiger partial charge in [0.15, 0.2) is 0 Å². The first-order chi connectivity index (χ1) is 9.77. The van der Waals surface area contributed by atoms with Crippen LogP contribution in [0.4, 0.5) is 0 Å². The average Bonchev–Trinajstić information content (AvgIpc) is 2.77. The zero-order valence-corrected chi connectivity index (χ0v) is 15.4. The zero-order chi connectivity index (χ0) is 16.1. The molecule has 0 aromatic rings. The summed E-state index contributed by atoms with van der Waals surface area (Å²) in [6, 6.07) is 1.11. The van der Waals surface area contributed by atoms with E-state index >= 15 is 0 Å². The van der Waals surface area contributed by atoms with Crippen molar-refractivity contribution in [2.45, 2.75) is 65.2 Å². The number of rotatable bonds is 7. The van der Waals surface area contributed by atoms with Gasteiger partial charge in [-0.1, -0.05) is 31.8 Å². The lowest BCUT2D eigenvalue weighted by molar-refractivity contribution is -0.147. The summed E-state index contributed by atoms with van der Waals surface area (Å²) in [4.78, 5) is 27.0. The summed E-state index contributed by atoms with van der Waals surface area (Å²) >= 11 is 0. The normalized spacial score (nSPS) is 23.0. The maximum atomic E-state index is 12.8. The molecule has 0 aromatic heterocycles. The van der Waals surface area contributed by atoms with E-state index in [0.29, 0.717) is 25.9 Å². The highest BCUT2D eigenvalue weighted by Crippen LogP contribution is 2.40. The van der Waals surface area contributed by atoms with Crippen LogP contribution in [0.25, 0.3) is 0 Å². The van der Waals surface area contributed by atoms with Gasteiger partial charge in [0.25, 0.3) is 0 Å². The molecule has 1 amide bonds. The molecule has 1 aliphatic carbocycles. The fraction of sp³-hybridized carbons (Fsp3) is 0.765. The van der Waals surface area contributed by atoms with Gasteiger partial charge in [0.1, 0.15) is 11.2 Å². The molecule has 1 atom stereocenters. The molecule has 1 rings (SSSR count). The van der Waals surface area contributed by atoms with E-state index in [2.05, 4.69) is 31.8 Å². The van der Waals surface area contributed by atoms with Gasteiger partial charge in [-0.25, -0.2) is 0 Å². The standard InChI is InChI=1S/C17H31NO2Si/c1-6-18(7-2)16(20)17(13-10-11-15(17)19)12-8-9-14-21(3,4)5/h8-9H,6-7,10-14H2,1-5H3/b9-8+. The molecule has 1 fully saturated rings. The Morgan fingerprint density at radius 2 is 1.86 bits per heavy atom. The Labute approximate surface area is 130 Å². The van der Waals surface area contributed by atoms with Gasteiger partial charge < -0.3 is 4.90 Å². The fourth-order valence-electron chi connectivity index (χ4n) is 2.99. The number of hydrogen-bond acceptors (Lipinski definition) is 2. The van der Waals surface area contributed by atoms with Crippen molar-refractivity contribution in [3.05, 3.63) is 12.2 Å². The van der Waals surface area contributed by atoms with Gasteiger partial charge in [0.2, 0.25) is 5.91 Å². The number of carbonyl (C=O) groups excluding carboxylic acids is 2. The number of carbonyl (C=O) groups is 2. The Kier molecular flexibility index (Phi) is 6.38. The lowest BCUT2D eigenvalue weighted by atomic mass is 9.80. The van der Waals surface area contributed by atoms with Crippen LogP contribution in [0.5, 0.6) is 0 Å². The Bertz CT molecular complexity index is 408. The first-order valence-electron chi connectivity index (χ1n) is 8.24. The highest BCUT2D eigenvalue weighted by molar-refractivity contribution is 6.76. The molecule has 3 nitrogen and oxygen atoms in total. The maximum Gasteiger partial charge on any atom is 0.236 e. The Balaban J connectivity index is 2.86. The summed E-state index contributed by atoms with van der Waals surface area (Å²) in [6.45, 7) is 12.3. The van der Waals surface area contributed by atoms with Gasteiger partial charge in [0.05, 0.1) is 0 Å². The van der Waals surface area contributed by atoms with Crippen LogP contribution in [-0.2, 0) is 9.59 Å². The van der Waals surface area contributed by atoms with Crippen LogP contribution in [0.1, 0.15) is 39.5 Å². The molecule has 0 spiro atoms. The topological polar surface area (TPSA) is 37.4 Å². The molecular formula is C17H31NO2Si. The van der Waals surface area contributed by atoms with Crippen molar-refractivity contribution in [3.63, 3.8) is 0 Å². The lowest BCUT2D eigenvalue weighted by Gasteiger charge is -2.31. The van der Waals surface area contributed by atoms with E-state index in [9.17, 15) is 9.59 Å². The van der Waals surface area contributed by atoms with Crippen LogP contribution in [0, 0.1) is 5.41 Å². The van der Waals surface area contributed by atoms with E-state index in [-0.39, 0.29) is 11.7 Å². The van der Waals surface area contributed by atoms with Crippen LogP contribution < -0.4 is 0 Å². The van der Waals surface area contributed by atoms with Gasteiger partial charge >= 0.3 is 0 Å². The van der Waals surface area contributed by atoms with Crippen molar-refractivity contribution < 1.29 is 9.59 Å². The third-order valence-corrected chi connectivity index (χ3v) is 5.82. The van der Waals surface area contributed by atoms with Crippen molar-refractivity contribution in [3.8, 4) is 0 Å². The highest BCUT2D eigenvalue weighted by atomic mass is 28.3. The first-order valence-corrected chi connectivity index (χ1v) is 11.9. The second kappa shape index (κ2) is 7.39. The van der Waals surface area contributed by atoms with Crippen molar-refractivity contribution in [1.29, 1.82) is 0 Å². The van der Waals surface area contributed by atoms with Crippen LogP contribution >= 0.6 is 0 Å². The van der Waals surface area contributed by atoms with Gasteiger partial charge in [-0.2, -0.15) is 0 Å². The highest BCUT2D eigenvalue weighted by Gasteiger charge is 2.48. The van der Waals surface area contributed by atoms with E-state index in [4.69, 9.17) is 0 Å². The second-order valence-corrected chi connectivity index (χ2v) is 12.8. The smallest absolute Gasteiger partial charge is 0.236 e. The number of Topliss-reactive ketones (excluding diaryl/α,β-unsaturated/α-hetero) is 1. The van der Waals surface area contributed by atoms with Crippen molar-refractivity contribution in [2.75, 3.05) is 13.1 Å². The van der Waals surface area contributed by atoms with Crippen LogP contribution in [0.15, 0.2) is 12.2 Å². The zero-order valence-electron chi connectivity index (χ0n) is 14.4. The summed E-state index contributed by atoms with van der Waals surface area (Å²) in [7, 11) is -1.11. The van der Waals surface area contributed by atoms with E-state index in [1.807, 2.05) is 18.7 Å². The van der Waals surface area contributed by atoms with Gasteiger partial charge in [0, 0.05) is 27.6 Å². The molecule has 0 radical (unpaired) electrons. The molecule has 0 aliphatic heterocycles. The third kappa shape index (κ3) is 4.53. The van der Waals surface area contributed by atoms with Crippen molar-refractivity contribution >= 4 is 19.8 Å². The maximum absolute atomic E-state index is 12.8. The monoisotopic (exact) mass is 309 g/mol. The molecule has 0 bridgehead atoms. The van der Waals surface area contributed by atoms with E-state index in [1.165, 1.54) is 0 Å². The SMILES string of the molecule is CCN(CC)C(=O)C1(C/C=C/C[Si](C)(C)C)CCCC1=O. The summed E-state index contributed by atoms with van der Waals surface area (Å²) in [5.41, 5.74) is -0.762. The molecule has 0 saturated heterocycles. The van der Waals surface area contributed by atoms with Crippen LogP contribution in [0.2, 0.25) is 25.7 Å². The van der Waals surface area contributed by atoms with E-state index in [0.717, 1.165) is 18.9 Å². The number of amides is 1. The Morgan fingerprint density at radius 1 is 1.24 bits per heavy atom. The predicted octanol–water partition coefficient (Wildman–Crippen LogP) is 3.88. The summed E-state index contributed by atoms with van der Waals surface area (Å²) < 4.78 is 0. The molecule has 4 heteroatoms. The fourth-order valence-corrected chi connectivity index (χ4v) is 3.87.